The van der Waals surface area contributed by atoms with Gasteiger partial charge in [-0.1, -0.05) is 0 Å². The average Bonchev–Trinajstić information content (AvgIpc) is 2.77. The summed E-state index contributed by atoms with van der Waals surface area (Å²) in [5, 5.41) is 16.4. The number of hydrogen-bond acceptors (Lipinski definition) is 8. The summed E-state index contributed by atoms with van der Waals surface area (Å²) in [6.45, 7) is 3.32. The average molecular weight is 472 g/mol. The normalized spacial score (nSPS) is 13.7. The topological polar surface area (TPSA) is 91.8 Å². The molecule has 1 saturated heterocycles. The van der Waals surface area contributed by atoms with Gasteiger partial charge in [-0.2, -0.15) is 4.98 Å². The Hall–Kier alpha value is -3.04. The summed E-state index contributed by atoms with van der Waals surface area (Å²) in [5.74, 6) is 1.48. The van der Waals surface area contributed by atoms with Crippen molar-refractivity contribution >= 4 is 44.8 Å². The largest absolute Gasteiger partial charge is 0.504 e. The number of rotatable bonds is 6. The molecule has 1 aliphatic heterocycles. The van der Waals surface area contributed by atoms with Crippen molar-refractivity contribution in [1.82, 2.24) is 9.97 Å². The zero-order chi connectivity index (χ0) is 20.9. The lowest BCUT2D eigenvalue weighted by Gasteiger charge is -2.28. The van der Waals surface area contributed by atoms with E-state index in [9.17, 15) is 5.11 Å². The van der Waals surface area contributed by atoms with Gasteiger partial charge >= 0.3 is 0 Å². The van der Waals surface area contributed by atoms with Gasteiger partial charge in [0.15, 0.2) is 11.5 Å². The van der Waals surface area contributed by atoms with Gasteiger partial charge in [-0.3, -0.25) is 0 Å². The van der Waals surface area contributed by atoms with Gasteiger partial charge in [-0.25, -0.2) is 4.98 Å². The number of hydrogen-bond donors (Lipinski definition) is 3. The van der Waals surface area contributed by atoms with E-state index in [2.05, 4.69) is 53.6 Å². The molecule has 2 heterocycles. The smallest absolute Gasteiger partial charge is 0.229 e. The molecule has 9 heteroatoms. The molecule has 2 aromatic carbocycles. The van der Waals surface area contributed by atoms with Gasteiger partial charge in [0.2, 0.25) is 5.95 Å². The van der Waals surface area contributed by atoms with E-state index in [-0.39, 0.29) is 5.75 Å². The fraction of sp³-hybridized carbons (Fsp3) is 0.238. The fourth-order valence-corrected chi connectivity index (χ4v) is 3.42. The summed E-state index contributed by atoms with van der Waals surface area (Å²) in [6.07, 6.45) is 1.67. The number of halogens is 1. The van der Waals surface area contributed by atoms with E-state index >= 15 is 0 Å². The molecule has 30 heavy (non-hydrogen) atoms. The van der Waals surface area contributed by atoms with Crippen LogP contribution in [0.2, 0.25) is 0 Å². The molecular weight excluding hydrogens is 450 g/mol. The summed E-state index contributed by atoms with van der Waals surface area (Å²) in [4.78, 5) is 11.2. The van der Waals surface area contributed by atoms with Crippen LogP contribution < -0.4 is 20.3 Å². The second-order valence-electron chi connectivity index (χ2n) is 6.67. The molecule has 1 aromatic heterocycles. The standard InChI is InChI=1S/C21H22BrN5O3/c1-29-19-7-4-15(12-18(19)28)24-20-17(22)13-23-21(26-20)25-14-2-5-16(6-3-14)27-8-10-30-11-9-27/h2-7,12-13,28H,8-11H2,1H3,(H2,23,24,25,26). The third kappa shape index (κ3) is 4.74. The van der Waals surface area contributed by atoms with E-state index < -0.39 is 0 Å². The molecule has 0 aliphatic carbocycles. The number of morpholine rings is 1. The van der Waals surface area contributed by atoms with Crippen LogP contribution in [-0.2, 0) is 4.74 Å². The highest BCUT2D eigenvalue weighted by molar-refractivity contribution is 9.10. The molecule has 4 rings (SSSR count). The predicted molar refractivity (Wildman–Crippen MR) is 120 cm³/mol. The van der Waals surface area contributed by atoms with Crippen molar-refractivity contribution < 1.29 is 14.6 Å². The minimum absolute atomic E-state index is 0.0476. The van der Waals surface area contributed by atoms with E-state index in [1.54, 1.807) is 24.4 Å². The maximum absolute atomic E-state index is 9.97. The first-order chi connectivity index (χ1) is 14.6. The Kier molecular flexibility index (Phi) is 6.20. The van der Waals surface area contributed by atoms with Crippen LogP contribution in [0.25, 0.3) is 0 Å². The third-order valence-electron chi connectivity index (χ3n) is 4.69. The molecule has 0 unspecified atom stereocenters. The Morgan fingerprint density at radius 1 is 1.07 bits per heavy atom. The van der Waals surface area contributed by atoms with Crippen LogP contribution in [0.4, 0.5) is 28.8 Å². The molecular formula is C21H22BrN5O3. The zero-order valence-electron chi connectivity index (χ0n) is 16.4. The van der Waals surface area contributed by atoms with Crippen LogP contribution in [0.3, 0.4) is 0 Å². The Morgan fingerprint density at radius 3 is 2.50 bits per heavy atom. The summed E-state index contributed by atoms with van der Waals surface area (Å²) in [5.41, 5.74) is 2.73. The second-order valence-corrected chi connectivity index (χ2v) is 7.53. The molecule has 0 spiro atoms. The zero-order valence-corrected chi connectivity index (χ0v) is 18.0. The monoisotopic (exact) mass is 471 g/mol. The number of phenols is 1. The van der Waals surface area contributed by atoms with Crippen LogP contribution in [0.5, 0.6) is 11.5 Å². The van der Waals surface area contributed by atoms with E-state index in [4.69, 9.17) is 9.47 Å². The second kappa shape index (κ2) is 9.19. The number of ether oxygens (including phenoxy) is 2. The number of phenolic OH excluding ortho intramolecular Hbond substituents is 1. The molecule has 1 fully saturated rings. The molecule has 8 nitrogen and oxygen atoms in total. The van der Waals surface area contributed by atoms with Gasteiger partial charge in [0.1, 0.15) is 5.82 Å². The summed E-state index contributed by atoms with van der Waals surface area (Å²) < 4.78 is 11.2. The molecule has 3 N–H and O–H groups in total. The highest BCUT2D eigenvalue weighted by Crippen LogP contribution is 2.32. The molecule has 3 aromatic rings. The van der Waals surface area contributed by atoms with Gasteiger partial charge in [-0.05, 0) is 52.3 Å². The lowest BCUT2D eigenvalue weighted by Crippen LogP contribution is -2.36. The number of benzene rings is 2. The molecule has 0 amide bonds. The maximum atomic E-state index is 9.97. The van der Waals surface area contributed by atoms with Gasteiger partial charge in [-0.15, -0.1) is 0 Å². The van der Waals surface area contributed by atoms with Crippen molar-refractivity contribution in [3.05, 3.63) is 53.1 Å². The first-order valence-electron chi connectivity index (χ1n) is 9.49. The quantitative estimate of drug-likeness (QED) is 0.490. The van der Waals surface area contributed by atoms with E-state index in [0.29, 0.717) is 27.7 Å². The van der Waals surface area contributed by atoms with E-state index in [1.165, 1.54) is 12.8 Å². The van der Waals surface area contributed by atoms with Crippen molar-refractivity contribution in [2.75, 3.05) is 48.9 Å². The summed E-state index contributed by atoms with van der Waals surface area (Å²) in [7, 11) is 1.51. The highest BCUT2D eigenvalue weighted by Gasteiger charge is 2.12. The van der Waals surface area contributed by atoms with Crippen molar-refractivity contribution in [1.29, 1.82) is 0 Å². The minimum atomic E-state index is 0.0476. The maximum Gasteiger partial charge on any atom is 0.229 e. The SMILES string of the molecule is COc1ccc(Nc2nc(Nc3ccc(N4CCOCC4)cc3)ncc2Br)cc1O. The lowest BCUT2D eigenvalue weighted by molar-refractivity contribution is 0.122. The number of nitrogens with zero attached hydrogens (tertiary/aromatic N) is 3. The van der Waals surface area contributed by atoms with Gasteiger partial charge < -0.3 is 30.1 Å². The Balaban J connectivity index is 1.47. The highest BCUT2D eigenvalue weighted by atomic mass is 79.9. The van der Waals surface area contributed by atoms with Crippen LogP contribution in [0, 0.1) is 0 Å². The van der Waals surface area contributed by atoms with Gasteiger partial charge in [0.25, 0.3) is 0 Å². The number of methoxy groups -OCH3 is 1. The van der Waals surface area contributed by atoms with Crippen molar-refractivity contribution in [3.8, 4) is 11.5 Å². The third-order valence-corrected chi connectivity index (χ3v) is 5.27. The fourth-order valence-electron chi connectivity index (χ4n) is 3.13. The van der Waals surface area contributed by atoms with Crippen LogP contribution >= 0.6 is 15.9 Å². The minimum Gasteiger partial charge on any atom is -0.504 e. The lowest BCUT2D eigenvalue weighted by atomic mass is 10.2. The molecule has 0 saturated carbocycles. The van der Waals surface area contributed by atoms with E-state index in [0.717, 1.165) is 32.0 Å². The van der Waals surface area contributed by atoms with Crippen molar-refractivity contribution in [2.24, 2.45) is 0 Å². The Morgan fingerprint density at radius 2 is 1.80 bits per heavy atom. The number of anilines is 5. The molecule has 0 bridgehead atoms. The van der Waals surface area contributed by atoms with Gasteiger partial charge in [0.05, 0.1) is 24.8 Å². The summed E-state index contributed by atoms with van der Waals surface area (Å²) in [6, 6.07) is 13.2. The van der Waals surface area contributed by atoms with Crippen LogP contribution in [-0.4, -0.2) is 48.5 Å². The molecule has 156 valence electrons. The van der Waals surface area contributed by atoms with E-state index in [1.807, 2.05) is 12.1 Å². The van der Waals surface area contributed by atoms with Gasteiger partial charge in [0, 0.05) is 42.4 Å². The van der Waals surface area contributed by atoms with Crippen LogP contribution in [0.15, 0.2) is 53.1 Å². The van der Waals surface area contributed by atoms with Crippen molar-refractivity contribution in [2.45, 2.75) is 0 Å². The van der Waals surface area contributed by atoms with Crippen molar-refractivity contribution in [3.63, 3.8) is 0 Å². The number of aromatic nitrogens is 2. The number of aromatic hydroxyl groups is 1. The predicted octanol–water partition coefficient (Wildman–Crippen LogP) is 4.28. The molecule has 0 atom stereocenters. The first-order valence-corrected chi connectivity index (χ1v) is 10.3. The Bertz CT molecular complexity index is 1010. The molecule has 0 radical (unpaired) electrons. The first kappa shape index (κ1) is 20.2. The Labute approximate surface area is 183 Å². The summed E-state index contributed by atoms with van der Waals surface area (Å²) >= 11 is 3.46. The van der Waals surface area contributed by atoms with Crippen LogP contribution in [0.1, 0.15) is 0 Å². The number of nitrogens with one attached hydrogen (secondary N) is 2. The molecule has 1 aliphatic rings.